The lowest BCUT2D eigenvalue weighted by Crippen LogP contribution is -2.57. The Labute approximate surface area is 126 Å². The number of nitrogen functional groups attached to an aromatic ring is 1. The first-order valence-electron chi connectivity index (χ1n) is 7.15. The summed E-state index contributed by atoms with van der Waals surface area (Å²) in [4.78, 5) is 12.4. The molecule has 4 rings (SSSR count). The van der Waals surface area contributed by atoms with Crippen LogP contribution in [0.4, 0.5) is 5.82 Å². The number of aromatic nitrogens is 4. The molecule has 22 heavy (non-hydrogen) atoms. The lowest BCUT2D eigenvalue weighted by molar-refractivity contribution is -0.296. The van der Waals surface area contributed by atoms with E-state index in [9.17, 15) is 5.11 Å². The van der Waals surface area contributed by atoms with Gasteiger partial charge in [0.1, 0.15) is 30.2 Å². The van der Waals surface area contributed by atoms with Gasteiger partial charge in [-0.15, -0.1) is 0 Å². The highest BCUT2D eigenvalue weighted by Gasteiger charge is 2.45. The molecule has 2 aromatic rings. The van der Waals surface area contributed by atoms with E-state index < -0.39 is 12.2 Å². The lowest BCUT2D eigenvalue weighted by Gasteiger charge is -2.44. The molecule has 2 aliphatic rings. The second-order valence-corrected chi connectivity index (χ2v) is 5.51. The molecule has 4 heterocycles. The fraction of sp³-hybridized carbons (Fsp3) is 0.615. The molecule has 0 bridgehead atoms. The van der Waals surface area contributed by atoms with Crippen molar-refractivity contribution in [3.05, 3.63) is 12.7 Å². The van der Waals surface area contributed by atoms with Crippen molar-refractivity contribution in [1.82, 2.24) is 19.5 Å². The van der Waals surface area contributed by atoms with E-state index in [4.69, 9.17) is 19.9 Å². The first-order valence-corrected chi connectivity index (χ1v) is 7.15. The minimum atomic E-state index is -0.751. The molecule has 2 aromatic heterocycles. The van der Waals surface area contributed by atoms with Gasteiger partial charge in [0, 0.05) is 0 Å². The van der Waals surface area contributed by atoms with Crippen LogP contribution in [0.2, 0.25) is 0 Å². The summed E-state index contributed by atoms with van der Waals surface area (Å²) < 4.78 is 18.6. The van der Waals surface area contributed by atoms with E-state index in [0.29, 0.717) is 30.2 Å². The van der Waals surface area contributed by atoms with Crippen LogP contribution in [-0.4, -0.2) is 62.4 Å². The fourth-order valence-electron chi connectivity index (χ4n) is 3.01. The van der Waals surface area contributed by atoms with Crippen molar-refractivity contribution >= 4 is 17.0 Å². The van der Waals surface area contributed by atoms with Crippen LogP contribution in [-0.2, 0) is 14.2 Å². The van der Waals surface area contributed by atoms with Crippen LogP contribution in [0.1, 0.15) is 13.0 Å². The van der Waals surface area contributed by atoms with Crippen molar-refractivity contribution < 1.29 is 19.3 Å². The topological polar surface area (TPSA) is 118 Å². The third-order valence-electron chi connectivity index (χ3n) is 4.17. The first-order chi connectivity index (χ1) is 10.6. The van der Waals surface area contributed by atoms with Gasteiger partial charge in [-0.3, -0.25) is 0 Å². The fourth-order valence-corrected chi connectivity index (χ4v) is 3.01. The van der Waals surface area contributed by atoms with Gasteiger partial charge in [-0.2, -0.15) is 0 Å². The summed E-state index contributed by atoms with van der Waals surface area (Å²) in [7, 11) is 0. The highest BCUT2D eigenvalue weighted by atomic mass is 16.7. The quantitative estimate of drug-likeness (QED) is 0.722. The lowest BCUT2D eigenvalue weighted by atomic mass is 9.97. The Morgan fingerprint density at radius 3 is 3.00 bits per heavy atom. The number of ether oxygens (including phenoxy) is 3. The summed E-state index contributed by atoms with van der Waals surface area (Å²) in [6, 6.07) is -0.356. The number of nitrogens with zero attached hydrogens (tertiary/aromatic N) is 4. The van der Waals surface area contributed by atoms with Crippen molar-refractivity contribution in [2.45, 2.75) is 37.6 Å². The number of imidazole rings is 1. The normalized spacial score (nSPS) is 35.5. The van der Waals surface area contributed by atoms with Gasteiger partial charge in [-0.25, -0.2) is 15.0 Å². The van der Waals surface area contributed by atoms with Gasteiger partial charge in [0.25, 0.3) is 0 Å². The molecule has 2 aliphatic heterocycles. The molecular weight excluding hydrogens is 290 g/mol. The molecule has 0 amide bonds. The number of hydrogen-bond donors (Lipinski definition) is 2. The Hall–Kier alpha value is -1.81. The van der Waals surface area contributed by atoms with Crippen LogP contribution in [0, 0.1) is 0 Å². The number of hydrogen-bond acceptors (Lipinski definition) is 8. The van der Waals surface area contributed by atoms with Crippen LogP contribution in [0.15, 0.2) is 12.7 Å². The molecule has 118 valence electrons. The van der Waals surface area contributed by atoms with E-state index in [1.165, 1.54) is 6.33 Å². The van der Waals surface area contributed by atoms with Crippen molar-refractivity contribution in [3.63, 3.8) is 0 Å². The van der Waals surface area contributed by atoms with Gasteiger partial charge >= 0.3 is 0 Å². The second kappa shape index (κ2) is 5.13. The minimum Gasteiger partial charge on any atom is -0.388 e. The molecule has 0 spiro atoms. The van der Waals surface area contributed by atoms with E-state index >= 15 is 0 Å². The molecule has 4 unspecified atom stereocenters. The maximum atomic E-state index is 10.7. The van der Waals surface area contributed by atoms with Crippen molar-refractivity contribution in [1.29, 1.82) is 0 Å². The van der Waals surface area contributed by atoms with Crippen molar-refractivity contribution in [3.8, 4) is 0 Å². The molecular formula is C13H17N5O4. The Morgan fingerprint density at radius 1 is 1.27 bits per heavy atom. The summed E-state index contributed by atoms with van der Waals surface area (Å²) >= 11 is 0. The summed E-state index contributed by atoms with van der Waals surface area (Å²) in [5.41, 5.74) is 6.88. The van der Waals surface area contributed by atoms with Gasteiger partial charge in [0.15, 0.2) is 17.8 Å². The largest absolute Gasteiger partial charge is 0.388 e. The third-order valence-corrected chi connectivity index (χ3v) is 4.17. The standard InChI is InChI=1S/C13H17N5O4/c1-6-20-3-8-11(22-6)10(19)7(2-21-8)18-5-17-9-12(14)15-4-16-13(9)18/h4-8,10-11,19H,2-3H2,1H3,(H2,14,15,16)/t6?,7-,8?,10?,11?/m1/s1. The second-order valence-electron chi connectivity index (χ2n) is 5.51. The number of nitrogens with two attached hydrogens (primary N) is 1. The zero-order chi connectivity index (χ0) is 15.3. The average Bonchev–Trinajstić information content (AvgIpc) is 2.94. The Balaban J connectivity index is 1.68. The smallest absolute Gasteiger partial charge is 0.165 e. The minimum absolute atomic E-state index is 0.267. The zero-order valence-corrected chi connectivity index (χ0v) is 12.0. The summed E-state index contributed by atoms with van der Waals surface area (Å²) in [6.45, 7) is 2.53. The number of fused-ring (bicyclic) bond motifs is 2. The highest BCUT2D eigenvalue weighted by molar-refractivity contribution is 5.81. The van der Waals surface area contributed by atoms with Gasteiger partial charge in [-0.1, -0.05) is 0 Å². The van der Waals surface area contributed by atoms with Crippen LogP contribution < -0.4 is 5.73 Å². The summed E-state index contributed by atoms with van der Waals surface area (Å²) in [5, 5.41) is 10.7. The molecule has 3 N–H and O–H groups in total. The molecule has 9 heteroatoms. The first kappa shape index (κ1) is 13.8. The number of aliphatic hydroxyl groups is 1. The van der Waals surface area contributed by atoms with Crippen LogP contribution in [0.25, 0.3) is 11.2 Å². The van der Waals surface area contributed by atoms with E-state index in [1.807, 2.05) is 0 Å². The highest BCUT2D eigenvalue weighted by Crippen LogP contribution is 2.32. The Morgan fingerprint density at radius 2 is 2.14 bits per heavy atom. The monoisotopic (exact) mass is 307 g/mol. The number of anilines is 1. The Bertz CT molecular complexity index is 692. The van der Waals surface area contributed by atoms with Gasteiger partial charge < -0.3 is 29.6 Å². The number of aliphatic hydroxyl groups excluding tert-OH is 1. The van der Waals surface area contributed by atoms with Crippen LogP contribution in [0.5, 0.6) is 0 Å². The predicted octanol–water partition coefficient (Wildman–Crippen LogP) is -0.529. The summed E-state index contributed by atoms with van der Waals surface area (Å²) in [5.74, 6) is 0.309. The maximum absolute atomic E-state index is 10.7. The molecule has 0 aliphatic carbocycles. The van der Waals surface area contributed by atoms with E-state index in [1.54, 1.807) is 17.8 Å². The van der Waals surface area contributed by atoms with Gasteiger partial charge in [-0.05, 0) is 6.92 Å². The van der Waals surface area contributed by atoms with Crippen LogP contribution >= 0.6 is 0 Å². The predicted molar refractivity (Wildman–Crippen MR) is 74.8 cm³/mol. The zero-order valence-electron chi connectivity index (χ0n) is 12.0. The van der Waals surface area contributed by atoms with Crippen molar-refractivity contribution in [2.24, 2.45) is 0 Å². The SMILES string of the molecule is CC1OCC2OC[C@@H](n3cnc4c(N)ncnc43)C(O)C2O1. The maximum Gasteiger partial charge on any atom is 0.165 e. The van der Waals surface area contributed by atoms with E-state index in [0.717, 1.165) is 0 Å². The molecule has 9 nitrogen and oxygen atoms in total. The summed E-state index contributed by atoms with van der Waals surface area (Å²) in [6.07, 6.45) is 1.14. The molecule has 0 radical (unpaired) electrons. The van der Waals surface area contributed by atoms with Crippen molar-refractivity contribution in [2.75, 3.05) is 18.9 Å². The molecule has 2 fully saturated rings. The molecule has 0 saturated carbocycles. The molecule has 5 atom stereocenters. The Kier molecular flexibility index (Phi) is 3.22. The van der Waals surface area contributed by atoms with Crippen LogP contribution in [0.3, 0.4) is 0 Å². The third kappa shape index (κ3) is 2.05. The average molecular weight is 307 g/mol. The van der Waals surface area contributed by atoms with E-state index in [-0.39, 0.29) is 18.4 Å². The van der Waals surface area contributed by atoms with E-state index in [2.05, 4.69) is 15.0 Å². The van der Waals surface area contributed by atoms with Gasteiger partial charge in [0.2, 0.25) is 0 Å². The molecule has 0 aromatic carbocycles. The van der Waals surface area contributed by atoms with Gasteiger partial charge in [0.05, 0.1) is 25.6 Å². The molecule has 2 saturated heterocycles. The number of rotatable bonds is 1.